The van der Waals surface area contributed by atoms with Gasteiger partial charge in [0, 0.05) is 11.6 Å². The van der Waals surface area contributed by atoms with Crippen molar-refractivity contribution in [2.75, 3.05) is 18.6 Å². The highest BCUT2D eigenvalue weighted by atomic mass is 32.2. The molecule has 1 N–H and O–H groups in total. The first-order chi connectivity index (χ1) is 7.84. The molecule has 1 aromatic rings. The molecule has 1 aromatic heterocycles. The van der Waals surface area contributed by atoms with Crippen molar-refractivity contribution in [3.05, 3.63) is 16.6 Å². The maximum Gasteiger partial charge on any atom is 0.109 e. The number of nitrogens with one attached hydrogen (secondary N) is 1. The largest absolute Gasteiger partial charge is 0.308 e. The number of aromatic nitrogens is 1. The zero-order chi connectivity index (χ0) is 11.6. The van der Waals surface area contributed by atoms with E-state index >= 15 is 0 Å². The molecule has 0 aromatic carbocycles. The smallest absolute Gasteiger partial charge is 0.109 e. The minimum absolute atomic E-state index is 0.409. The molecule has 0 radical (unpaired) electrons. The van der Waals surface area contributed by atoms with E-state index < -0.39 is 0 Å². The molecule has 4 heteroatoms. The van der Waals surface area contributed by atoms with Crippen molar-refractivity contribution in [2.24, 2.45) is 0 Å². The van der Waals surface area contributed by atoms with Crippen LogP contribution in [0.5, 0.6) is 0 Å². The van der Waals surface area contributed by atoms with E-state index in [-0.39, 0.29) is 0 Å². The minimum atomic E-state index is 0.409. The molecule has 0 bridgehead atoms. The topological polar surface area (TPSA) is 24.9 Å². The second-order valence-corrected chi connectivity index (χ2v) is 5.86. The maximum atomic E-state index is 4.31. The number of thiazole rings is 1. The standard InChI is InChI=1S/C12H22N2S2/c1-11(12-14-8-10-16-12)13-7-5-3-4-6-9-15-2/h8,10-11,13H,3-7,9H2,1-2H3. The van der Waals surface area contributed by atoms with Crippen LogP contribution < -0.4 is 5.32 Å². The Balaban J connectivity index is 1.95. The molecular formula is C12H22N2S2. The fraction of sp³-hybridized carbons (Fsp3) is 0.750. The lowest BCUT2D eigenvalue weighted by atomic mass is 10.2. The summed E-state index contributed by atoms with van der Waals surface area (Å²) in [7, 11) is 0. The quantitative estimate of drug-likeness (QED) is 0.683. The molecule has 1 atom stereocenters. The molecule has 0 amide bonds. The zero-order valence-corrected chi connectivity index (χ0v) is 11.9. The molecule has 92 valence electrons. The number of hydrogen-bond acceptors (Lipinski definition) is 4. The van der Waals surface area contributed by atoms with Gasteiger partial charge in [0.25, 0.3) is 0 Å². The van der Waals surface area contributed by atoms with Crippen molar-refractivity contribution in [3.8, 4) is 0 Å². The molecule has 0 fully saturated rings. The number of unbranched alkanes of at least 4 members (excludes halogenated alkanes) is 3. The lowest BCUT2D eigenvalue weighted by Crippen LogP contribution is -2.19. The van der Waals surface area contributed by atoms with Crippen LogP contribution in [0, 0.1) is 0 Å². The Morgan fingerprint density at radius 2 is 2.19 bits per heavy atom. The van der Waals surface area contributed by atoms with Gasteiger partial charge in [0.05, 0.1) is 6.04 Å². The predicted octanol–water partition coefficient (Wildman–Crippen LogP) is 3.72. The number of hydrogen-bond donors (Lipinski definition) is 1. The van der Waals surface area contributed by atoms with Crippen LogP contribution in [-0.2, 0) is 0 Å². The van der Waals surface area contributed by atoms with Crippen molar-refractivity contribution in [2.45, 2.75) is 38.6 Å². The van der Waals surface area contributed by atoms with Gasteiger partial charge in [-0.2, -0.15) is 11.8 Å². The summed E-state index contributed by atoms with van der Waals surface area (Å²) in [5.74, 6) is 1.31. The molecule has 1 heterocycles. The van der Waals surface area contributed by atoms with Crippen LogP contribution in [0.3, 0.4) is 0 Å². The SMILES string of the molecule is CSCCCCCCNC(C)c1nccs1. The van der Waals surface area contributed by atoms with E-state index in [2.05, 4.69) is 23.5 Å². The Hall–Kier alpha value is -0.0600. The first kappa shape index (κ1) is 14.0. The van der Waals surface area contributed by atoms with Crippen LogP contribution in [0.15, 0.2) is 11.6 Å². The van der Waals surface area contributed by atoms with Gasteiger partial charge < -0.3 is 5.32 Å². The number of thioether (sulfide) groups is 1. The van der Waals surface area contributed by atoms with Crippen LogP contribution in [0.2, 0.25) is 0 Å². The van der Waals surface area contributed by atoms with E-state index in [1.165, 1.54) is 36.4 Å². The molecule has 16 heavy (non-hydrogen) atoms. The molecular weight excluding hydrogens is 236 g/mol. The van der Waals surface area contributed by atoms with Crippen LogP contribution in [0.4, 0.5) is 0 Å². The Kier molecular flexibility index (Phi) is 7.89. The van der Waals surface area contributed by atoms with Crippen LogP contribution in [-0.4, -0.2) is 23.5 Å². The lowest BCUT2D eigenvalue weighted by Gasteiger charge is -2.10. The van der Waals surface area contributed by atoms with Gasteiger partial charge in [-0.3, -0.25) is 0 Å². The van der Waals surface area contributed by atoms with E-state index in [1.54, 1.807) is 11.3 Å². The summed E-state index contributed by atoms with van der Waals surface area (Å²) in [6.45, 7) is 3.30. The van der Waals surface area contributed by atoms with E-state index in [4.69, 9.17) is 0 Å². The van der Waals surface area contributed by atoms with E-state index in [9.17, 15) is 0 Å². The minimum Gasteiger partial charge on any atom is -0.308 e. The average molecular weight is 258 g/mol. The maximum absolute atomic E-state index is 4.31. The van der Waals surface area contributed by atoms with Crippen LogP contribution in [0.25, 0.3) is 0 Å². The summed E-state index contributed by atoms with van der Waals surface area (Å²) in [6, 6.07) is 0.409. The highest BCUT2D eigenvalue weighted by Crippen LogP contribution is 2.14. The van der Waals surface area contributed by atoms with E-state index in [0.29, 0.717) is 6.04 Å². The summed E-state index contributed by atoms with van der Waals surface area (Å²) < 4.78 is 0. The summed E-state index contributed by atoms with van der Waals surface area (Å²) in [5.41, 5.74) is 0. The molecule has 1 rings (SSSR count). The number of rotatable bonds is 9. The zero-order valence-electron chi connectivity index (χ0n) is 10.2. The summed E-state index contributed by atoms with van der Waals surface area (Å²) in [5, 5.41) is 6.75. The molecule has 0 aliphatic rings. The molecule has 0 aliphatic heterocycles. The Morgan fingerprint density at radius 1 is 1.38 bits per heavy atom. The van der Waals surface area contributed by atoms with Crippen molar-refractivity contribution < 1.29 is 0 Å². The van der Waals surface area contributed by atoms with Gasteiger partial charge in [0.1, 0.15) is 5.01 Å². The average Bonchev–Trinajstić information content (AvgIpc) is 2.81. The molecule has 1 unspecified atom stereocenters. The van der Waals surface area contributed by atoms with Gasteiger partial charge in [0.2, 0.25) is 0 Å². The van der Waals surface area contributed by atoms with Gasteiger partial charge in [0.15, 0.2) is 0 Å². The normalized spacial score (nSPS) is 12.9. The van der Waals surface area contributed by atoms with Crippen molar-refractivity contribution in [1.29, 1.82) is 0 Å². The third-order valence-corrected chi connectivity index (χ3v) is 4.20. The van der Waals surface area contributed by atoms with Gasteiger partial charge >= 0.3 is 0 Å². The molecule has 0 aliphatic carbocycles. The van der Waals surface area contributed by atoms with E-state index in [1.807, 2.05) is 23.3 Å². The third-order valence-electron chi connectivity index (χ3n) is 2.55. The fourth-order valence-electron chi connectivity index (χ4n) is 1.58. The Morgan fingerprint density at radius 3 is 2.88 bits per heavy atom. The van der Waals surface area contributed by atoms with Gasteiger partial charge in [-0.15, -0.1) is 11.3 Å². The Labute approximate surface area is 107 Å². The fourth-order valence-corrected chi connectivity index (χ4v) is 2.74. The van der Waals surface area contributed by atoms with Gasteiger partial charge in [-0.1, -0.05) is 12.8 Å². The highest BCUT2D eigenvalue weighted by molar-refractivity contribution is 7.98. The van der Waals surface area contributed by atoms with Crippen molar-refractivity contribution >= 4 is 23.1 Å². The highest BCUT2D eigenvalue weighted by Gasteiger charge is 2.05. The first-order valence-corrected chi connectivity index (χ1v) is 8.23. The molecule has 0 saturated carbocycles. The van der Waals surface area contributed by atoms with Gasteiger partial charge in [-0.05, 0) is 38.3 Å². The van der Waals surface area contributed by atoms with Crippen molar-refractivity contribution in [3.63, 3.8) is 0 Å². The first-order valence-electron chi connectivity index (χ1n) is 5.96. The lowest BCUT2D eigenvalue weighted by molar-refractivity contribution is 0.535. The monoisotopic (exact) mass is 258 g/mol. The predicted molar refractivity (Wildman–Crippen MR) is 75.4 cm³/mol. The second kappa shape index (κ2) is 9.02. The molecule has 0 saturated heterocycles. The Bertz CT molecular complexity index is 250. The third kappa shape index (κ3) is 5.87. The van der Waals surface area contributed by atoms with Crippen molar-refractivity contribution in [1.82, 2.24) is 10.3 Å². The summed E-state index contributed by atoms with van der Waals surface area (Å²) >= 11 is 3.68. The second-order valence-electron chi connectivity index (χ2n) is 3.95. The molecule has 2 nitrogen and oxygen atoms in total. The van der Waals surface area contributed by atoms with Crippen LogP contribution in [0.1, 0.15) is 43.7 Å². The summed E-state index contributed by atoms with van der Waals surface area (Å²) in [4.78, 5) is 4.31. The summed E-state index contributed by atoms with van der Waals surface area (Å²) in [6.07, 6.45) is 9.41. The van der Waals surface area contributed by atoms with Crippen LogP contribution >= 0.6 is 23.1 Å². The van der Waals surface area contributed by atoms with Gasteiger partial charge in [-0.25, -0.2) is 4.98 Å². The molecule has 0 spiro atoms. The number of nitrogens with zero attached hydrogens (tertiary/aromatic N) is 1. The van der Waals surface area contributed by atoms with E-state index in [0.717, 1.165) is 6.54 Å².